The molecule has 0 aliphatic carbocycles. The van der Waals surface area contributed by atoms with Crippen molar-refractivity contribution < 1.29 is 28.9 Å². The molecule has 3 aromatic rings. The lowest BCUT2D eigenvalue weighted by Crippen LogP contribution is -2.30. The Labute approximate surface area is 233 Å². The van der Waals surface area contributed by atoms with E-state index in [1.807, 2.05) is 24.3 Å². The Morgan fingerprint density at radius 2 is 1.51 bits per heavy atom. The van der Waals surface area contributed by atoms with Gasteiger partial charge in [0.05, 0.1) is 49.2 Å². The number of para-hydroxylation sites is 2. The van der Waals surface area contributed by atoms with Crippen LogP contribution in [0, 0.1) is 0 Å². The molecule has 0 bridgehead atoms. The lowest BCUT2D eigenvalue weighted by atomic mass is 9.94. The van der Waals surface area contributed by atoms with Crippen molar-refractivity contribution in [3.8, 4) is 17.2 Å². The summed E-state index contributed by atoms with van der Waals surface area (Å²) >= 11 is 6.27. The highest BCUT2D eigenvalue weighted by Gasteiger charge is 2.48. The Hall–Kier alpha value is -4.17. The number of Topliss-reactive ketones (excluding diaryl/α,β-unsaturated/α-hetero) is 1. The van der Waals surface area contributed by atoms with Crippen LogP contribution in [0.1, 0.15) is 31.0 Å². The molecular formula is C30H31ClN2O6. The summed E-state index contributed by atoms with van der Waals surface area (Å²) in [4.78, 5) is 30.8. The maximum Gasteiger partial charge on any atom is 0.300 e. The third-order valence-electron chi connectivity index (χ3n) is 6.86. The van der Waals surface area contributed by atoms with Gasteiger partial charge in [-0.3, -0.25) is 14.5 Å². The number of aliphatic hydroxyl groups is 1. The van der Waals surface area contributed by atoms with Crippen molar-refractivity contribution in [1.82, 2.24) is 0 Å². The van der Waals surface area contributed by atoms with Gasteiger partial charge < -0.3 is 24.2 Å². The van der Waals surface area contributed by atoms with E-state index in [2.05, 4.69) is 18.7 Å². The van der Waals surface area contributed by atoms with Crippen LogP contribution in [-0.2, 0) is 9.59 Å². The standard InChI is InChI=1S/C30H31ClN2O6/c1-6-32(7-2)19-14-12-18(13-15-19)27-26(28(34)20-16-25(39-5)21(31)17-24(20)38-4)29(35)30(36)33(27)22-10-8-9-11-23(22)37-3/h8-17,27,34H,6-7H2,1-5H3/b28-26+. The van der Waals surface area contributed by atoms with E-state index in [4.69, 9.17) is 25.8 Å². The van der Waals surface area contributed by atoms with Crippen LogP contribution in [0.25, 0.3) is 5.76 Å². The number of amides is 1. The van der Waals surface area contributed by atoms with E-state index < -0.39 is 23.5 Å². The maximum atomic E-state index is 13.6. The van der Waals surface area contributed by atoms with Crippen LogP contribution in [0.15, 0.2) is 66.2 Å². The molecule has 1 aliphatic heterocycles. The van der Waals surface area contributed by atoms with E-state index in [-0.39, 0.29) is 27.7 Å². The molecule has 1 atom stereocenters. The number of aliphatic hydroxyl groups excluding tert-OH is 1. The zero-order chi connectivity index (χ0) is 28.3. The summed E-state index contributed by atoms with van der Waals surface area (Å²) in [5, 5.41) is 11.9. The molecular weight excluding hydrogens is 520 g/mol. The van der Waals surface area contributed by atoms with Crippen molar-refractivity contribution in [1.29, 1.82) is 0 Å². The summed E-state index contributed by atoms with van der Waals surface area (Å²) in [6, 6.07) is 16.6. The summed E-state index contributed by atoms with van der Waals surface area (Å²) in [5.74, 6) is -1.13. The highest BCUT2D eigenvalue weighted by Crippen LogP contribution is 2.46. The molecule has 4 rings (SSSR count). The number of carbonyl (C=O) groups is 2. The van der Waals surface area contributed by atoms with Gasteiger partial charge >= 0.3 is 0 Å². The molecule has 1 fully saturated rings. The quantitative estimate of drug-likeness (QED) is 0.203. The van der Waals surface area contributed by atoms with Crippen molar-refractivity contribution in [2.24, 2.45) is 0 Å². The molecule has 1 amide bonds. The van der Waals surface area contributed by atoms with Gasteiger partial charge in [0, 0.05) is 24.8 Å². The number of hydrogen-bond donors (Lipinski definition) is 1. The Bertz CT molecular complexity index is 1420. The predicted octanol–water partition coefficient (Wildman–Crippen LogP) is 5.84. The van der Waals surface area contributed by atoms with Crippen LogP contribution in [0.3, 0.4) is 0 Å². The molecule has 0 radical (unpaired) electrons. The van der Waals surface area contributed by atoms with E-state index in [1.165, 1.54) is 38.4 Å². The number of methoxy groups -OCH3 is 3. The number of ether oxygens (including phenoxy) is 3. The van der Waals surface area contributed by atoms with E-state index in [0.29, 0.717) is 17.0 Å². The van der Waals surface area contributed by atoms with Gasteiger partial charge in [-0.2, -0.15) is 0 Å². The Morgan fingerprint density at radius 1 is 0.897 bits per heavy atom. The SMILES string of the molecule is CCN(CC)c1ccc(C2/C(=C(\O)c3cc(OC)c(Cl)cc3OC)C(=O)C(=O)N2c2ccccc2OC)cc1. The van der Waals surface area contributed by atoms with E-state index >= 15 is 0 Å². The van der Waals surface area contributed by atoms with Crippen molar-refractivity contribution in [2.45, 2.75) is 19.9 Å². The van der Waals surface area contributed by atoms with Gasteiger partial charge in [0.15, 0.2) is 0 Å². The number of halogens is 1. The Kier molecular flexibility index (Phi) is 8.35. The van der Waals surface area contributed by atoms with Crippen molar-refractivity contribution >= 4 is 40.4 Å². The van der Waals surface area contributed by atoms with Crippen molar-refractivity contribution in [3.63, 3.8) is 0 Å². The molecule has 39 heavy (non-hydrogen) atoms. The summed E-state index contributed by atoms with van der Waals surface area (Å²) in [6.45, 7) is 5.80. The smallest absolute Gasteiger partial charge is 0.300 e. The summed E-state index contributed by atoms with van der Waals surface area (Å²) in [6.07, 6.45) is 0. The number of hydrogen-bond acceptors (Lipinski definition) is 7. The fourth-order valence-electron chi connectivity index (χ4n) is 4.87. The van der Waals surface area contributed by atoms with Crippen LogP contribution in [0.2, 0.25) is 5.02 Å². The van der Waals surface area contributed by atoms with Gasteiger partial charge in [-0.1, -0.05) is 35.9 Å². The molecule has 0 saturated carbocycles. The molecule has 1 heterocycles. The molecule has 0 aromatic heterocycles. The lowest BCUT2D eigenvalue weighted by Gasteiger charge is -2.28. The maximum absolute atomic E-state index is 13.6. The minimum atomic E-state index is -0.946. The van der Waals surface area contributed by atoms with Crippen LogP contribution in [0.5, 0.6) is 17.2 Å². The number of benzene rings is 3. The molecule has 1 unspecified atom stereocenters. The number of ketones is 1. The predicted molar refractivity (Wildman–Crippen MR) is 152 cm³/mol. The minimum absolute atomic E-state index is 0.0934. The average molecular weight is 551 g/mol. The summed E-state index contributed by atoms with van der Waals surface area (Å²) in [7, 11) is 4.36. The van der Waals surface area contributed by atoms with Gasteiger partial charge in [-0.15, -0.1) is 0 Å². The number of rotatable bonds is 9. The minimum Gasteiger partial charge on any atom is -0.507 e. The van der Waals surface area contributed by atoms with Crippen LogP contribution >= 0.6 is 11.6 Å². The zero-order valence-electron chi connectivity index (χ0n) is 22.5. The average Bonchev–Trinajstić information content (AvgIpc) is 3.23. The highest BCUT2D eigenvalue weighted by molar-refractivity contribution is 6.52. The first-order chi connectivity index (χ1) is 18.8. The largest absolute Gasteiger partial charge is 0.507 e. The Balaban J connectivity index is 1.99. The molecule has 8 nitrogen and oxygen atoms in total. The summed E-state index contributed by atoms with van der Waals surface area (Å²) < 4.78 is 16.3. The first-order valence-electron chi connectivity index (χ1n) is 12.5. The first-order valence-corrected chi connectivity index (χ1v) is 12.9. The lowest BCUT2D eigenvalue weighted by molar-refractivity contribution is -0.132. The van der Waals surface area contributed by atoms with E-state index in [1.54, 1.807) is 24.3 Å². The second kappa shape index (κ2) is 11.7. The second-order valence-electron chi connectivity index (χ2n) is 8.79. The molecule has 204 valence electrons. The van der Waals surface area contributed by atoms with Gasteiger partial charge in [-0.05, 0) is 49.7 Å². The molecule has 0 spiro atoms. The molecule has 1 aliphatic rings. The van der Waals surface area contributed by atoms with Gasteiger partial charge in [0.25, 0.3) is 11.7 Å². The number of nitrogens with zero attached hydrogens (tertiary/aromatic N) is 2. The van der Waals surface area contributed by atoms with E-state index in [0.717, 1.165) is 18.8 Å². The fraction of sp³-hybridized carbons (Fsp3) is 0.267. The summed E-state index contributed by atoms with van der Waals surface area (Å²) in [5.41, 5.74) is 2.12. The molecule has 9 heteroatoms. The highest BCUT2D eigenvalue weighted by atomic mass is 35.5. The topological polar surface area (TPSA) is 88.5 Å². The van der Waals surface area contributed by atoms with Gasteiger partial charge in [-0.25, -0.2) is 0 Å². The van der Waals surface area contributed by atoms with Crippen LogP contribution < -0.4 is 24.0 Å². The van der Waals surface area contributed by atoms with Gasteiger partial charge in [0.1, 0.15) is 23.0 Å². The number of carbonyl (C=O) groups excluding carboxylic acids is 2. The van der Waals surface area contributed by atoms with Gasteiger partial charge in [0.2, 0.25) is 0 Å². The third kappa shape index (κ3) is 5.00. The number of anilines is 2. The van der Waals surface area contributed by atoms with Crippen LogP contribution in [-0.4, -0.2) is 51.2 Å². The Morgan fingerprint density at radius 3 is 2.10 bits per heavy atom. The molecule has 1 saturated heterocycles. The van der Waals surface area contributed by atoms with Crippen molar-refractivity contribution in [3.05, 3.63) is 82.4 Å². The second-order valence-corrected chi connectivity index (χ2v) is 9.20. The first kappa shape index (κ1) is 27.9. The van der Waals surface area contributed by atoms with E-state index in [9.17, 15) is 14.7 Å². The molecule has 1 N–H and O–H groups in total. The van der Waals surface area contributed by atoms with Crippen molar-refractivity contribution in [2.75, 3.05) is 44.2 Å². The molecule has 3 aromatic carbocycles. The monoisotopic (exact) mass is 550 g/mol. The third-order valence-corrected chi connectivity index (χ3v) is 7.15. The normalized spacial score (nSPS) is 16.4. The fourth-order valence-corrected chi connectivity index (χ4v) is 5.10. The zero-order valence-corrected chi connectivity index (χ0v) is 23.3. The van der Waals surface area contributed by atoms with Crippen LogP contribution in [0.4, 0.5) is 11.4 Å².